The van der Waals surface area contributed by atoms with Gasteiger partial charge in [0, 0.05) is 11.7 Å². The number of allylic oxidation sites excluding steroid dienone is 1. The van der Waals surface area contributed by atoms with Gasteiger partial charge in [0.05, 0.1) is 18.2 Å². The summed E-state index contributed by atoms with van der Waals surface area (Å²) in [6.07, 6.45) is 9.03. The van der Waals surface area contributed by atoms with Crippen molar-refractivity contribution in [3.8, 4) is 5.75 Å². The van der Waals surface area contributed by atoms with Crippen molar-refractivity contribution in [1.29, 1.82) is 0 Å². The number of nitrogens with zero attached hydrogens (tertiary/aromatic N) is 3. The minimum Gasteiger partial charge on any atom is -0.487 e. The van der Waals surface area contributed by atoms with E-state index in [1.807, 2.05) is 31.6 Å². The molecule has 0 spiro atoms. The second kappa shape index (κ2) is 7.64. The number of ether oxygens (including phenoxy) is 1. The number of pyridine rings is 1. The van der Waals surface area contributed by atoms with Crippen molar-refractivity contribution in [1.82, 2.24) is 14.5 Å². The van der Waals surface area contributed by atoms with E-state index < -0.39 is 0 Å². The number of hydrogen-bond donors (Lipinski definition) is 0. The van der Waals surface area contributed by atoms with Crippen molar-refractivity contribution in [3.05, 3.63) is 47.3 Å². The van der Waals surface area contributed by atoms with Crippen molar-refractivity contribution >= 4 is 11.9 Å². The van der Waals surface area contributed by atoms with E-state index in [0.717, 1.165) is 24.8 Å². The molecular formula is C20H25N3O2. The lowest BCUT2D eigenvalue weighted by Crippen LogP contribution is -2.12. The molecule has 0 aliphatic heterocycles. The lowest BCUT2D eigenvalue weighted by Gasteiger charge is -2.23. The zero-order valence-electron chi connectivity index (χ0n) is 15.2. The highest BCUT2D eigenvalue weighted by atomic mass is 16.5. The highest BCUT2D eigenvalue weighted by Gasteiger charge is 2.19. The fourth-order valence-corrected chi connectivity index (χ4v) is 3.32. The first-order valence-corrected chi connectivity index (χ1v) is 8.89. The molecule has 2 aromatic rings. The van der Waals surface area contributed by atoms with E-state index in [2.05, 4.69) is 28.4 Å². The summed E-state index contributed by atoms with van der Waals surface area (Å²) in [6, 6.07) is 4.07. The Morgan fingerprint density at radius 3 is 2.84 bits per heavy atom. The first kappa shape index (κ1) is 17.4. The third-order valence-corrected chi connectivity index (χ3v) is 4.65. The fourth-order valence-electron chi connectivity index (χ4n) is 3.32. The molecule has 0 fully saturated rings. The fraction of sp³-hybridized carbons (Fsp3) is 0.450. The van der Waals surface area contributed by atoms with Crippen LogP contribution in [0.5, 0.6) is 5.75 Å². The number of hydrogen-bond acceptors (Lipinski definition) is 4. The summed E-state index contributed by atoms with van der Waals surface area (Å²) in [6.45, 7) is 6.69. The molecule has 0 saturated carbocycles. The van der Waals surface area contributed by atoms with Gasteiger partial charge in [0.1, 0.15) is 18.1 Å². The van der Waals surface area contributed by atoms with Crippen molar-refractivity contribution in [2.45, 2.75) is 52.5 Å². The van der Waals surface area contributed by atoms with Crippen molar-refractivity contribution < 1.29 is 9.53 Å². The summed E-state index contributed by atoms with van der Waals surface area (Å²) >= 11 is 0. The molecule has 5 nitrogen and oxygen atoms in total. The van der Waals surface area contributed by atoms with Gasteiger partial charge in [-0.1, -0.05) is 0 Å². The number of aldehydes is 1. The minimum absolute atomic E-state index is 0.366. The molecule has 0 saturated heterocycles. The van der Waals surface area contributed by atoms with Gasteiger partial charge in [-0.15, -0.1) is 0 Å². The van der Waals surface area contributed by atoms with E-state index in [4.69, 9.17) is 4.74 Å². The Bertz CT molecular complexity index is 790. The Balaban J connectivity index is 1.87. The average molecular weight is 339 g/mol. The molecule has 0 radical (unpaired) electrons. The molecule has 0 amide bonds. The van der Waals surface area contributed by atoms with E-state index >= 15 is 0 Å². The molecule has 25 heavy (non-hydrogen) atoms. The molecule has 0 atom stereocenters. The Morgan fingerprint density at radius 1 is 1.28 bits per heavy atom. The molecule has 0 unspecified atom stereocenters. The number of carbonyl (C=O) groups excluding carboxylic acids is 1. The minimum atomic E-state index is 0.366. The van der Waals surface area contributed by atoms with E-state index in [1.54, 1.807) is 0 Å². The molecule has 132 valence electrons. The SMILES string of the molecule is Cc1ccc(OCC2=C(c3cncn3C(C)C)CCCC2)c(C=O)n1. The zero-order valence-corrected chi connectivity index (χ0v) is 15.2. The first-order chi connectivity index (χ1) is 12.1. The Labute approximate surface area is 148 Å². The third kappa shape index (κ3) is 3.81. The smallest absolute Gasteiger partial charge is 0.172 e. The topological polar surface area (TPSA) is 57.0 Å². The van der Waals surface area contributed by atoms with E-state index in [-0.39, 0.29) is 0 Å². The molecule has 1 aliphatic carbocycles. The molecule has 5 heteroatoms. The molecule has 2 aromatic heterocycles. The maximum Gasteiger partial charge on any atom is 0.172 e. The van der Waals surface area contributed by atoms with Crippen LogP contribution in [-0.4, -0.2) is 27.4 Å². The second-order valence-corrected chi connectivity index (χ2v) is 6.81. The van der Waals surface area contributed by atoms with Crippen LogP contribution in [0.4, 0.5) is 0 Å². The van der Waals surface area contributed by atoms with Gasteiger partial charge in [-0.2, -0.15) is 0 Å². The normalized spacial score (nSPS) is 14.9. The summed E-state index contributed by atoms with van der Waals surface area (Å²) in [5.41, 5.74) is 5.00. The summed E-state index contributed by atoms with van der Waals surface area (Å²) in [4.78, 5) is 19.8. The van der Waals surface area contributed by atoms with Crippen molar-refractivity contribution in [2.24, 2.45) is 0 Å². The molecule has 0 bridgehead atoms. The predicted molar refractivity (Wildman–Crippen MR) is 97.9 cm³/mol. The summed E-state index contributed by atoms with van der Waals surface area (Å²) in [7, 11) is 0. The largest absolute Gasteiger partial charge is 0.487 e. The number of imidazole rings is 1. The molecule has 1 aliphatic rings. The van der Waals surface area contributed by atoms with Crippen LogP contribution in [0.25, 0.3) is 5.57 Å². The lowest BCUT2D eigenvalue weighted by molar-refractivity contribution is 0.111. The Morgan fingerprint density at radius 2 is 2.08 bits per heavy atom. The number of carbonyl (C=O) groups is 1. The lowest BCUT2D eigenvalue weighted by atomic mass is 9.90. The van der Waals surface area contributed by atoms with E-state index in [1.165, 1.54) is 29.7 Å². The maximum absolute atomic E-state index is 11.2. The number of aromatic nitrogens is 3. The van der Waals surface area contributed by atoms with Gasteiger partial charge < -0.3 is 9.30 Å². The highest BCUT2D eigenvalue weighted by Crippen LogP contribution is 2.33. The van der Waals surface area contributed by atoms with Crippen LogP contribution in [0.3, 0.4) is 0 Å². The van der Waals surface area contributed by atoms with Gasteiger partial charge in [-0.25, -0.2) is 9.97 Å². The summed E-state index contributed by atoms with van der Waals surface area (Å²) < 4.78 is 8.18. The Kier molecular flexibility index (Phi) is 5.31. The van der Waals surface area contributed by atoms with Crippen molar-refractivity contribution in [2.75, 3.05) is 6.61 Å². The zero-order chi connectivity index (χ0) is 17.8. The average Bonchev–Trinajstić information content (AvgIpc) is 3.10. The second-order valence-electron chi connectivity index (χ2n) is 6.81. The van der Waals surface area contributed by atoms with Gasteiger partial charge in [0.2, 0.25) is 0 Å². The predicted octanol–water partition coefficient (Wildman–Crippen LogP) is 4.39. The summed E-state index contributed by atoms with van der Waals surface area (Å²) in [5.74, 6) is 0.551. The van der Waals surface area contributed by atoms with Crippen LogP contribution in [-0.2, 0) is 0 Å². The van der Waals surface area contributed by atoms with Crippen LogP contribution in [0.2, 0.25) is 0 Å². The number of aryl methyl sites for hydroxylation is 1. The van der Waals surface area contributed by atoms with Gasteiger partial charge in [0.15, 0.2) is 6.29 Å². The van der Waals surface area contributed by atoms with Gasteiger partial charge in [-0.3, -0.25) is 4.79 Å². The van der Waals surface area contributed by atoms with Crippen LogP contribution >= 0.6 is 0 Å². The molecule has 2 heterocycles. The highest BCUT2D eigenvalue weighted by molar-refractivity contribution is 5.76. The first-order valence-electron chi connectivity index (χ1n) is 8.89. The van der Waals surface area contributed by atoms with Crippen LogP contribution < -0.4 is 4.74 Å². The number of rotatable bonds is 6. The molecule has 0 N–H and O–H groups in total. The van der Waals surface area contributed by atoms with Crippen LogP contribution in [0.15, 0.2) is 30.2 Å². The Hall–Kier alpha value is -2.43. The molecule has 3 rings (SSSR count). The maximum atomic E-state index is 11.2. The summed E-state index contributed by atoms with van der Waals surface area (Å²) in [5, 5.41) is 0. The van der Waals surface area contributed by atoms with Gasteiger partial charge >= 0.3 is 0 Å². The molecular weight excluding hydrogens is 314 g/mol. The monoisotopic (exact) mass is 339 g/mol. The van der Waals surface area contributed by atoms with Gasteiger partial charge in [-0.05, 0) is 69.7 Å². The van der Waals surface area contributed by atoms with Gasteiger partial charge in [0.25, 0.3) is 0 Å². The van der Waals surface area contributed by atoms with Crippen LogP contribution in [0, 0.1) is 6.92 Å². The van der Waals surface area contributed by atoms with E-state index in [9.17, 15) is 4.79 Å². The molecule has 0 aromatic carbocycles. The van der Waals surface area contributed by atoms with E-state index in [0.29, 0.717) is 24.1 Å². The standard InChI is InChI=1S/C20H25N3O2/c1-14(2)23-13-21-10-19(23)17-7-5-4-6-16(17)12-25-20-9-8-15(3)22-18(20)11-24/h8-11,13-14H,4-7,12H2,1-3H3. The third-order valence-electron chi connectivity index (χ3n) is 4.65. The van der Waals surface area contributed by atoms with Crippen molar-refractivity contribution in [3.63, 3.8) is 0 Å². The van der Waals surface area contributed by atoms with Crippen LogP contribution in [0.1, 0.15) is 67.4 Å². The quantitative estimate of drug-likeness (QED) is 0.733.